The van der Waals surface area contributed by atoms with E-state index in [2.05, 4.69) is 4.72 Å². The monoisotopic (exact) mass is 297 g/mol. The second-order valence-corrected chi connectivity index (χ2v) is 6.59. The highest BCUT2D eigenvalue weighted by atomic mass is 32.2. The highest BCUT2D eigenvalue weighted by Crippen LogP contribution is 2.26. The predicted molar refractivity (Wildman–Crippen MR) is 71.6 cm³/mol. The molecule has 1 fully saturated rings. The molecular weight excluding hydrogens is 281 g/mol. The Morgan fingerprint density at radius 1 is 1.45 bits per heavy atom. The summed E-state index contributed by atoms with van der Waals surface area (Å²) in [5, 5.41) is 8.66. The molecule has 0 radical (unpaired) electrons. The molecule has 0 unspecified atom stereocenters. The maximum Gasteiger partial charge on any atom is 0.243 e. The smallest absolute Gasteiger partial charge is 0.243 e. The first-order valence-electron chi connectivity index (χ1n) is 6.40. The molecule has 20 heavy (non-hydrogen) atoms. The van der Waals surface area contributed by atoms with Crippen molar-refractivity contribution in [3.63, 3.8) is 0 Å². The number of benzene rings is 1. The van der Waals surface area contributed by atoms with Gasteiger partial charge in [-0.2, -0.15) is 5.26 Å². The third kappa shape index (κ3) is 2.98. The minimum atomic E-state index is -3.93. The van der Waals surface area contributed by atoms with Crippen LogP contribution in [0.4, 0.5) is 4.39 Å². The molecule has 1 aliphatic rings. The fraction of sp³-hybridized carbons (Fsp3) is 0.462. The summed E-state index contributed by atoms with van der Waals surface area (Å²) >= 11 is 0. The number of rotatable bonds is 4. The fourth-order valence-corrected chi connectivity index (χ4v) is 3.92. The van der Waals surface area contributed by atoms with Crippen LogP contribution in [0.2, 0.25) is 0 Å². The molecule has 1 saturated carbocycles. The van der Waals surface area contributed by atoms with Crippen LogP contribution >= 0.6 is 0 Å². The molecule has 7 heteroatoms. The number of halogens is 1. The lowest BCUT2D eigenvalue weighted by molar-refractivity contribution is 0.451. The van der Waals surface area contributed by atoms with E-state index in [-0.39, 0.29) is 17.5 Å². The first-order chi connectivity index (χ1) is 9.47. The van der Waals surface area contributed by atoms with Crippen LogP contribution in [0.25, 0.3) is 0 Å². The predicted octanol–water partition coefficient (Wildman–Crippen LogP) is 1.10. The summed E-state index contributed by atoms with van der Waals surface area (Å²) in [6, 6.07) is 4.83. The molecule has 0 saturated heterocycles. The Morgan fingerprint density at radius 2 is 2.20 bits per heavy atom. The molecule has 0 aliphatic heterocycles. The quantitative estimate of drug-likeness (QED) is 0.870. The lowest BCUT2D eigenvalue weighted by atomic mass is 10.1. The van der Waals surface area contributed by atoms with Crippen molar-refractivity contribution in [3.8, 4) is 6.07 Å². The summed E-state index contributed by atoms with van der Waals surface area (Å²) in [6.07, 6.45) is 2.49. The van der Waals surface area contributed by atoms with Gasteiger partial charge in [0.05, 0.1) is 11.6 Å². The Morgan fingerprint density at radius 3 is 2.80 bits per heavy atom. The Balaban J connectivity index is 2.25. The SMILES string of the molecule is N#Cc1ccc(S(=O)(=O)N[C@@H]2CCC[C@H]2CN)c(F)c1. The summed E-state index contributed by atoms with van der Waals surface area (Å²) in [6.45, 7) is 0.406. The lowest BCUT2D eigenvalue weighted by Crippen LogP contribution is -2.40. The normalized spacial score (nSPS) is 22.6. The maximum atomic E-state index is 13.8. The molecule has 2 rings (SSSR count). The molecule has 0 amide bonds. The molecule has 0 spiro atoms. The molecule has 0 bridgehead atoms. The molecule has 1 aliphatic carbocycles. The molecule has 2 atom stereocenters. The van der Waals surface area contributed by atoms with Crippen LogP contribution in [0.3, 0.4) is 0 Å². The first-order valence-corrected chi connectivity index (χ1v) is 7.88. The summed E-state index contributed by atoms with van der Waals surface area (Å²) in [4.78, 5) is -0.431. The van der Waals surface area contributed by atoms with Crippen molar-refractivity contribution in [1.82, 2.24) is 4.72 Å². The molecule has 0 heterocycles. The second-order valence-electron chi connectivity index (χ2n) is 4.91. The summed E-state index contributed by atoms with van der Waals surface area (Å²) in [5.74, 6) is -0.829. The topological polar surface area (TPSA) is 96.0 Å². The van der Waals surface area contributed by atoms with Crippen molar-refractivity contribution < 1.29 is 12.8 Å². The van der Waals surface area contributed by atoms with Gasteiger partial charge in [-0.25, -0.2) is 17.5 Å². The van der Waals surface area contributed by atoms with Crippen molar-refractivity contribution in [2.45, 2.75) is 30.2 Å². The number of hydrogen-bond acceptors (Lipinski definition) is 4. The summed E-state index contributed by atoms with van der Waals surface area (Å²) < 4.78 is 40.7. The van der Waals surface area contributed by atoms with Gasteiger partial charge in [-0.3, -0.25) is 0 Å². The number of hydrogen-bond donors (Lipinski definition) is 2. The molecule has 3 N–H and O–H groups in total. The third-order valence-electron chi connectivity index (χ3n) is 3.62. The maximum absolute atomic E-state index is 13.8. The number of nitrogens with two attached hydrogens (primary N) is 1. The van der Waals surface area contributed by atoms with Crippen LogP contribution in [-0.2, 0) is 10.0 Å². The van der Waals surface area contributed by atoms with Gasteiger partial charge in [0.1, 0.15) is 10.7 Å². The van der Waals surface area contributed by atoms with Gasteiger partial charge in [-0.15, -0.1) is 0 Å². The van der Waals surface area contributed by atoms with Gasteiger partial charge in [0, 0.05) is 6.04 Å². The Kier molecular flexibility index (Phi) is 4.38. The van der Waals surface area contributed by atoms with Crippen LogP contribution in [0.1, 0.15) is 24.8 Å². The van der Waals surface area contributed by atoms with E-state index in [1.165, 1.54) is 6.07 Å². The van der Waals surface area contributed by atoms with E-state index in [0.29, 0.717) is 13.0 Å². The van der Waals surface area contributed by atoms with Crippen molar-refractivity contribution in [3.05, 3.63) is 29.6 Å². The summed E-state index contributed by atoms with van der Waals surface area (Å²) in [5.41, 5.74) is 5.69. The van der Waals surface area contributed by atoms with Crippen LogP contribution in [0.5, 0.6) is 0 Å². The number of nitrogens with one attached hydrogen (secondary N) is 1. The van der Waals surface area contributed by atoms with Gasteiger partial charge >= 0.3 is 0 Å². The molecule has 108 valence electrons. The van der Waals surface area contributed by atoms with Gasteiger partial charge < -0.3 is 5.73 Å². The fourth-order valence-electron chi connectivity index (χ4n) is 2.53. The van der Waals surface area contributed by atoms with E-state index in [0.717, 1.165) is 25.0 Å². The van der Waals surface area contributed by atoms with Crippen LogP contribution < -0.4 is 10.5 Å². The zero-order valence-corrected chi connectivity index (χ0v) is 11.7. The Labute approximate surface area is 117 Å². The Bertz CT molecular complexity index is 640. The van der Waals surface area contributed by atoms with E-state index in [4.69, 9.17) is 11.0 Å². The molecule has 5 nitrogen and oxygen atoms in total. The van der Waals surface area contributed by atoms with Crippen LogP contribution in [0, 0.1) is 23.1 Å². The minimum Gasteiger partial charge on any atom is -0.330 e. The molecule has 1 aromatic carbocycles. The van der Waals surface area contributed by atoms with Crippen molar-refractivity contribution in [2.75, 3.05) is 6.54 Å². The highest BCUT2D eigenvalue weighted by molar-refractivity contribution is 7.89. The van der Waals surface area contributed by atoms with Gasteiger partial charge in [0.2, 0.25) is 10.0 Å². The standard InChI is InChI=1S/C13H16FN3O2S/c14-11-6-9(7-15)4-5-13(11)20(18,19)17-12-3-1-2-10(12)8-16/h4-6,10,12,17H,1-3,8,16H2/t10-,12+/m0/s1. The van der Waals surface area contributed by atoms with Crippen molar-refractivity contribution in [1.29, 1.82) is 5.26 Å². The van der Waals surface area contributed by atoms with E-state index in [1.54, 1.807) is 6.07 Å². The highest BCUT2D eigenvalue weighted by Gasteiger charge is 2.31. The third-order valence-corrected chi connectivity index (χ3v) is 5.14. The van der Waals surface area contributed by atoms with Crippen LogP contribution in [0.15, 0.2) is 23.1 Å². The molecule has 1 aromatic rings. The zero-order chi connectivity index (χ0) is 14.8. The molecule has 0 aromatic heterocycles. The van der Waals surface area contributed by atoms with Crippen LogP contribution in [-0.4, -0.2) is 21.0 Å². The van der Waals surface area contributed by atoms with Gasteiger partial charge in [-0.05, 0) is 43.5 Å². The van der Waals surface area contributed by atoms with E-state index in [1.807, 2.05) is 0 Å². The minimum absolute atomic E-state index is 0.0853. The van der Waals surface area contributed by atoms with Crippen molar-refractivity contribution in [2.24, 2.45) is 11.7 Å². The number of sulfonamides is 1. The summed E-state index contributed by atoms with van der Waals surface area (Å²) in [7, 11) is -3.93. The van der Waals surface area contributed by atoms with Gasteiger partial charge in [0.25, 0.3) is 0 Å². The lowest BCUT2D eigenvalue weighted by Gasteiger charge is -2.19. The Hall–Kier alpha value is -1.49. The average molecular weight is 297 g/mol. The second kappa shape index (κ2) is 5.87. The van der Waals surface area contributed by atoms with E-state index in [9.17, 15) is 12.8 Å². The van der Waals surface area contributed by atoms with Crippen molar-refractivity contribution >= 4 is 10.0 Å². The van der Waals surface area contributed by atoms with Gasteiger partial charge in [-0.1, -0.05) is 6.42 Å². The first kappa shape index (κ1) is 14.9. The number of nitriles is 1. The number of nitrogens with zero attached hydrogens (tertiary/aromatic N) is 1. The van der Waals surface area contributed by atoms with E-state index < -0.39 is 20.7 Å². The molecular formula is C13H16FN3O2S. The largest absolute Gasteiger partial charge is 0.330 e. The zero-order valence-electron chi connectivity index (χ0n) is 10.8. The van der Waals surface area contributed by atoms with Gasteiger partial charge in [0.15, 0.2) is 0 Å². The average Bonchev–Trinajstić information content (AvgIpc) is 2.84. The van der Waals surface area contributed by atoms with E-state index >= 15 is 0 Å².